The fraction of sp³-hybridized carbons (Fsp3) is 0.550. The molecule has 0 spiro atoms. The molecule has 2 fully saturated rings. The first-order chi connectivity index (χ1) is 14.2. The molecule has 0 amide bonds. The van der Waals surface area contributed by atoms with Crippen molar-refractivity contribution in [2.24, 2.45) is 22.9 Å². The molecule has 10 heteroatoms. The Morgan fingerprint density at radius 2 is 2.00 bits per heavy atom. The average Bonchev–Trinajstić information content (AvgIpc) is 3.37. The first-order valence-corrected chi connectivity index (χ1v) is 11.8. The molecule has 8 nitrogen and oxygen atoms in total. The van der Waals surface area contributed by atoms with Gasteiger partial charge < -0.3 is 5.21 Å². The number of aryl methyl sites for hydroxylation is 1. The molecule has 0 bridgehead atoms. The van der Waals surface area contributed by atoms with E-state index in [2.05, 4.69) is 15.5 Å². The lowest BCUT2D eigenvalue weighted by Crippen LogP contribution is -2.28. The zero-order chi connectivity index (χ0) is 21.5. The van der Waals surface area contributed by atoms with Crippen LogP contribution in [0, 0.1) is 30.5 Å². The van der Waals surface area contributed by atoms with E-state index in [1.165, 1.54) is 12.3 Å². The summed E-state index contributed by atoms with van der Waals surface area (Å²) in [4.78, 5) is 0. The summed E-state index contributed by atoms with van der Waals surface area (Å²) in [5.41, 5.74) is 2.68. The largest absolute Gasteiger partial charge is 0.411 e. The van der Waals surface area contributed by atoms with E-state index in [0.717, 1.165) is 18.4 Å². The molecule has 2 unspecified atom stereocenters. The SMILES string of the molecule is Cc1cc(CC(=NO)c2nonc2CC2CC3CN(S(C)(=O)=O)CC3C2)ccc1F. The second-order valence-corrected chi connectivity index (χ2v) is 10.5. The van der Waals surface area contributed by atoms with Crippen LogP contribution in [0.5, 0.6) is 0 Å². The third kappa shape index (κ3) is 4.24. The highest BCUT2D eigenvalue weighted by molar-refractivity contribution is 7.88. The molecule has 1 aliphatic heterocycles. The molecule has 162 valence electrons. The van der Waals surface area contributed by atoms with Crippen molar-refractivity contribution < 1.29 is 22.6 Å². The lowest BCUT2D eigenvalue weighted by molar-refractivity contribution is 0.298. The summed E-state index contributed by atoms with van der Waals surface area (Å²) in [6.07, 6.45) is 4.01. The Morgan fingerprint density at radius 3 is 2.60 bits per heavy atom. The summed E-state index contributed by atoms with van der Waals surface area (Å²) in [6.45, 7) is 2.84. The molecule has 2 aromatic rings. The minimum Gasteiger partial charge on any atom is -0.411 e. The molecule has 2 atom stereocenters. The van der Waals surface area contributed by atoms with Gasteiger partial charge in [-0.1, -0.05) is 22.4 Å². The summed E-state index contributed by atoms with van der Waals surface area (Å²) in [5, 5.41) is 20.9. The van der Waals surface area contributed by atoms with Crippen LogP contribution in [0.3, 0.4) is 0 Å². The van der Waals surface area contributed by atoms with Crippen molar-refractivity contribution >= 4 is 15.7 Å². The maximum absolute atomic E-state index is 13.5. The Hall–Kier alpha value is -2.33. The molecule has 1 N–H and O–H groups in total. The van der Waals surface area contributed by atoms with E-state index in [0.29, 0.717) is 59.9 Å². The molecule has 1 aromatic heterocycles. The Balaban J connectivity index is 1.43. The topological polar surface area (TPSA) is 109 Å². The van der Waals surface area contributed by atoms with E-state index < -0.39 is 10.0 Å². The maximum Gasteiger partial charge on any atom is 0.211 e. The number of hydrogen-bond acceptors (Lipinski definition) is 7. The first kappa shape index (κ1) is 20.9. The van der Waals surface area contributed by atoms with Crippen LogP contribution in [0.15, 0.2) is 28.0 Å². The van der Waals surface area contributed by atoms with Crippen LogP contribution < -0.4 is 0 Å². The van der Waals surface area contributed by atoms with Gasteiger partial charge in [-0.05, 0) is 66.3 Å². The van der Waals surface area contributed by atoms with Gasteiger partial charge in [0.15, 0.2) is 5.69 Å². The predicted octanol–water partition coefficient (Wildman–Crippen LogP) is 2.40. The molecule has 1 saturated carbocycles. The van der Waals surface area contributed by atoms with Gasteiger partial charge in [-0.3, -0.25) is 0 Å². The number of benzene rings is 1. The number of hydrogen-bond donors (Lipinski definition) is 1. The maximum atomic E-state index is 13.5. The van der Waals surface area contributed by atoms with Gasteiger partial charge in [0.1, 0.15) is 17.2 Å². The summed E-state index contributed by atoms with van der Waals surface area (Å²) in [7, 11) is -3.14. The van der Waals surface area contributed by atoms with Crippen LogP contribution in [0.4, 0.5) is 4.39 Å². The van der Waals surface area contributed by atoms with Crippen LogP contribution in [0.2, 0.25) is 0 Å². The summed E-state index contributed by atoms with van der Waals surface area (Å²) in [6, 6.07) is 4.74. The van der Waals surface area contributed by atoms with Gasteiger partial charge in [-0.25, -0.2) is 21.7 Å². The molecule has 1 aliphatic carbocycles. The average molecular weight is 437 g/mol. The molecular formula is C20H25FN4O4S. The van der Waals surface area contributed by atoms with Gasteiger partial charge in [0.25, 0.3) is 0 Å². The smallest absolute Gasteiger partial charge is 0.211 e. The predicted molar refractivity (Wildman–Crippen MR) is 107 cm³/mol. The molecular weight excluding hydrogens is 411 g/mol. The van der Waals surface area contributed by atoms with Gasteiger partial charge in [-0.15, -0.1) is 0 Å². The minimum atomic E-state index is -3.14. The third-order valence-electron chi connectivity index (χ3n) is 6.31. The van der Waals surface area contributed by atoms with Crippen LogP contribution in [0.25, 0.3) is 0 Å². The summed E-state index contributed by atoms with van der Waals surface area (Å²) in [5.74, 6) is 0.786. The highest BCUT2D eigenvalue weighted by atomic mass is 32.2. The fourth-order valence-electron chi connectivity index (χ4n) is 4.83. The monoisotopic (exact) mass is 436 g/mol. The zero-order valence-corrected chi connectivity index (χ0v) is 17.8. The lowest BCUT2D eigenvalue weighted by atomic mass is 9.96. The number of sulfonamides is 1. The second kappa shape index (κ2) is 8.07. The molecule has 4 rings (SSSR count). The Morgan fingerprint density at radius 1 is 1.30 bits per heavy atom. The van der Waals surface area contributed by atoms with Gasteiger partial charge >= 0.3 is 0 Å². The Bertz CT molecular complexity index is 1050. The van der Waals surface area contributed by atoms with E-state index in [9.17, 15) is 18.0 Å². The van der Waals surface area contributed by atoms with E-state index in [1.807, 2.05) is 0 Å². The highest BCUT2D eigenvalue weighted by Crippen LogP contribution is 2.43. The fourth-order valence-corrected chi connectivity index (χ4v) is 5.75. The molecule has 2 aliphatic rings. The molecule has 1 aromatic carbocycles. The van der Waals surface area contributed by atoms with Gasteiger partial charge in [-0.2, -0.15) is 0 Å². The van der Waals surface area contributed by atoms with Crippen molar-refractivity contribution in [2.75, 3.05) is 19.3 Å². The van der Waals surface area contributed by atoms with Crippen molar-refractivity contribution in [2.45, 2.75) is 32.6 Å². The Labute approximate surface area is 174 Å². The van der Waals surface area contributed by atoms with Crippen LogP contribution >= 0.6 is 0 Å². The number of aromatic nitrogens is 2. The standard InChI is InChI=1S/C20H25FN4O4S/c1-12-5-13(3-4-17(12)21)8-18(22-26)20-19(23-29-24-20)9-14-6-15-10-25(30(2,27)28)11-16(15)7-14/h3-5,14-16,26H,6-11H2,1-2H3. The zero-order valence-electron chi connectivity index (χ0n) is 17.0. The summed E-state index contributed by atoms with van der Waals surface area (Å²) >= 11 is 0. The molecule has 2 heterocycles. The van der Waals surface area contributed by atoms with E-state index in [4.69, 9.17) is 4.63 Å². The van der Waals surface area contributed by atoms with Crippen LogP contribution in [-0.2, 0) is 22.9 Å². The number of oxime groups is 1. The van der Waals surface area contributed by atoms with Crippen molar-refractivity contribution in [3.05, 3.63) is 46.5 Å². The number of nitrogens with zero attached hydrogens (tertiary/aromatic N) is 4. The van der Waals surface area contributed by atoms with Crippen LogP contribution in [0.1, 0.15) is 35.4 Å². The van der Waals surface area contributed by atoms with E-state index >= 15 is 0 Å². The number of fused-ring (bicyclic) bond motifs is 1. The van der Waals surface area contributed by atoms with E-state index in [1.54, 1.807) is 23.4 Å². The van der Waals surface area contributed by atoms with Gasteiger partial charge in [0, 0.05) is 19.5 Å². The quantitative estimate of drug-likeness (QED) is 0.423. The van der Waals surface area contributed by atoms with Crippen LogP contribution in [-0.4, -0.2) is 53.3 Å². The molecule has 30 heavy (non-hydrogen) atoms. The van der Waals surface area contributed by atoms with Crippen molar-refractivity contribution in [1.29, 1.82) is 0 Å². The van der Waals surface area contributed by atoms with Gasteiger partial charge in [0.05, 0.1) is 6.26 Å². The first-order valence-electron chi connectivity index (χ1n) is 9.97. The van der Waals surface area contributed by atoms with Gasteiger partial charge in [0.2, 0.25) is 10.0 Å². The highest BCUT2D eigenvalue weighted by Gasteiger charge is 2.43. The molecule has 0 radical (unpaired) electrons. The lowest BCUT2D eigenvalue weighted by Gasteiger charge is -2.16. The second-order valence-electron chi connectivity index (χ2n) is 8.51. The Kier molecular flexibility index (Phi) is 5.63. The number of halogens is 1. The third-order valence-corrected chi connectivity index (χ3v) is 7.55. The van der Waals surface area contributed by atoms with Crippen molar-refractivity contribution in [3.63, 3.8) is 0 Å². The van der Waals surface area contributed by atoms with Crippen molar-refractivity contribution in [1.82, 2.24) is 14.6 Å². The normalized spacial score (nSPS) is 25.0. The molecule has 1 saturated heterocycles. The van der Waals surface area contributed by atoms with E-state index in [-0.39, 0.29) is 12.2 Å². The summed E-state index contributed by atoms with van der Waals surface area (Å²) < 4.78 is 43.6. The number of rotatable bonds is 6. The van der Waals surface area contributed by atoms with Crippen molar-refractivity contribution in [3.8, 4) is 0 Å². The minimum absolute atomic E-state index is 0.276.